The van der Waals surface area contributed by atoms with Crippen LogP contribution in [0.3, 0.4) is 0 Å². The molecule has 92 valence electrons. The lowest BCUT2D eigenvalue weighted by atomic mass is 10.1. The second-order valence-electron chi connectivity index (χ2n) is 3.88. The molecule has 0 aromatic carbocycles. The zero-order valence-corrected chi connectivity index (χ0v) is 11.8. The molecule has 17 heavy (non-hydrogen) atoms. The molecule has 3 nitrogen and oxygen atoms in total. The first-order valence-corrected chi connectivity index (χ1v) is 6.80. The summed E-state index contributed by atoms with van der Waals surface area (Å²) in [4.78, 5) is 2.66. The van der Waals surface area contributed by atoms with Gasteiger partial charge in [-0.15, -0.1) is 11.3 Å². The monoisotopic (exact) mass is 269 g/mol. The van der Waals surface area contributed by atoms with Crippen molar-refractivity contribution in [3.05, 3.63) is 38.8 Å². The molecule has 0 fully saturated rings. The molecule has 0 amide bonds. The predicted octanol–water partition coefficient (Wildman–Crippen LogP) is 3.01. The average molecular weight is 270 g/mol. The van der Waals surface area contributed by atoms with E-state index in [0.29, 0.717) is 5.02 Å². The summed E-state index contributed by atoms with van der Waals surface area (Å²) < 4.78 is 1.83. The Labute approximate surface area is 110 Å². The third kappa shape index (κ3) is 2.39. The summed E-state index contributed by atoms with van der Waals surface area (Å²) in [6, 6.07) is 4.45. The van der Waals surface area contributed by atoms with Gasteiger partial charge in [0, 0.05) is 16.8 Å². The SMILES string of the molecule is CCc1ccc(C(NC)c2c(Cl)cnn2C)s1. The van der Waals surface area contributed by atoms with Crippen LogP contribution in [0.25, 0.3) is 0 Å². The molecule has 0 aliphatic carbocycles. The second kappa shape index (κ2) is 5.21. The Kier molecular flexibility index (Phi) is 3.86. The Morgan fingerprint density at radius 2 is 2.29 bits per heavy atom. The molecule has 0 aliphatic rings. The highest BCUT2D eigenvalue weighted by atomic mass is 35.5. The smallest absolute Gasteiger partial charge is 0.0854 e. The van der Waals surface area contributed by atoms with Gasteiger partial charge in [0.2, 0.25) is 0 Å². The molecule has 5 heteroatoms. The van der Waals surface area contributed by atoms with Crippen molar-refractivity contribution in [3.8, 4) is 0 Å². The largest absolute Gasteiger partial charge is 0.307 e. The first kappa shape index (κ1) is 12.6. The van der Waals surface area contributed by atoms with Gasteiger partial charge >= 0.3 is 0 Å². The van der Waals surface area contributed by atoms with Crippen molar-refractivity contribution in [2.45, 2.75) is 19.4 Å². The van der Waals surface area contributed by atoms with Crippen LogP contribution in [-0.4, -0.2) is 16.8 Å². The topological polar surface area (TPSA) is 29.9 Å². The fourth-order valence-electron chi connectivity index (χ4n) is 1.90. The molecule has 2 aromatic heterocycles. The van der Waals surface area contributed by atoms with E-state index in [4.69, 9.17) is 11.6 Å². The molecule has 0 spiro atoms. The van der Waals surface area contributed by atoms with E-state index >= 15 is 0 Å². The van der Waals surface area contributed by atoms with Crippen molar-refractivity contribution in [1.82, 2.24) is 15.1 Å². The number of hydrogen-bond donors (Lipinski definition) is 1. The summed E-state index contributed by atoms with van der Waals surface area (Å²) in [7, 11) is 3.86. The average Bonchev–Trinajstić information content (AvgIpc) is 2.91. The van der Waals surface area contributed by atoms with Crippen LogP contribution in [0.15, 0.2) is 18.3 Å². The summed E-state index contributed by atoms with van der Waals surface area (Å²) in [6.45, 7) is 2.17. The molecule has 0 bridgehead atoms. The standard InChI is InChI=1S/C12H16ClN3S/c1-4-8-5-6-10(17-8)11(14-2)12-9(13)7-15-16(12)3/h5-7,11,14H,4H2,1-3H3. The quantitative estimate of drug-likeness (QED) is 0.925. The van der Waals surface area contributed by atoms with Crippen molar-refractivity contribution in [2.24, 2.45) is 7.05 Å². The van der Waals surface area contributed by atoms with Gasteiger partial charge in [0.15, 0.2) is 0 Å². The van der Waals surface area contributed by atoms with Crippen LogP contribution in [0.5, 0.6) is 0 Å². The lowest BCUT2D eigenvalue weighted by molar-refractivity contribution is 0.613. The molecule has 0 radical (unpaired) electrons. The third-order valence-corrected chi connectivity index (χ3v) is 4.40. The number of nitrogens with one attached hydrogen (secondary N) is 1. The highest BCUT2D eigenvalue weighted by Gasteiger charge is 2.20. The van der Waals surface area contributed by atoms with E-state index < -0.39 is 0 Å². The molecule has 2 heterocycles. The van der Waals surface area contributed by atoms with E-state index in [-0.39, 0.29) is 6.04 Å². The van der Waals surface area contributed by atoms with Crippen LogP contribution in [0.2, 0.25) is 5.02 Å². The maximum absolute atomic E-state index is 6.19. The number of aromatic nitrogens is 2. The van der Waals surface area contributed by atoms with Crippen molar-refractivity contribution in [1.29, 1.82) is 0 Å². The van der Waals surface area contributed by atoms with Crippen LogP contribution in [0, 0.1) is 0 Å². The lowest BCUT2D eigenvalue weighted by Gasteiger charge is -2.15. The summed E-state index contributed by atoms with van der Waals surface area (Å²) in [5, 5.41) is 8.20. The summed E-state index contributed by atoms with van der Waals surface area (Å²) >= 11 is 8.01. The van der Waals surface area contributed by atoms with Gasteiger partial charge < -0.3 is 5.32 Å². The van der Waals surface area contributed by atoms with Crippen LogP contribution in [0.1, 0.15) is 28.4 Å². The molecule has 2 rings (SSSR count). The minimum Gasteiger partial charge on any atom is -0.307 e. The minimum atomic E-state index is 0.111. The third-order valence-electron chi connectivity index (χ3n) is 2.82. The van der Waals surface area contributed by atoms with Gasteiger partial charge in [-0.25, -0.2) is 0 Å². The normalized spacial score (nSPS) is 12.9. The minimum absolute atomic E-state index is 0.111. The molecular formula is C12H16ClN3S. The van der Waals surface area contributed by atoms with E-state index in [1.165, 1.54) is 9.75 Å². The highest BCUT2D eigenvalue weighted by molar-refractivity contribution is 7.12. The zero-order chi connectivity index (χ0) is 12.4. The molecule has 1 unspecified atom stereocenters. The first-order valence-electron chi connectivity index (χ1n) is 5.60. The highest BCUT2D eigenvalue weighted by Crippen LogP contribution is 2.31. The van der Waals surface area contributed by atoms with Gasteiger partial charge in [-0.05, 0) is 25.6 Å². The zero-order valence-electron chi connectivity index (χ0n) is 10.2. The number of aryl methyl sites for hydroxylation is 2. The Morgan fingerprint density at radius 3 is 2.76 bits per heavy atom. The second-order valence-corrected chi connectivity index (χ2v) is 5.49. The molecule has 0 saturated heterocycles. The molecular weight excluding hydrogens is 254 g/mol. The van der Waals surface area contributed by atoms with E-state index in [1.54, 1.807) is 6.20 Å². The van der Waals surface area contributed by atoms with Crippen LogP contribution in [0.4, 0.5) is 0 Å². The maximum atomic E-state index is 6.19. The Bertz CT molecular complexity index is 484. The van der Waals surface area contributed by atoms with E-state index in [9.17, 15) is 0 Å². The number of hydrogen-bond acceptors (Lipinski definition) is 3. The van der Waals surface area contributed by atoms with Crippen LogP contribution in [-0.2, 0) is 13.5 Å². The molecule has 0 saturated carbocycles. The molecule has 1 atom stereocenters. The Hall–Kier alpha value is -0.840. The first-order chi connectivity index (χ1) is 8.17. The molecule has 1 N–H and O–H groups in total. The van der Waals surface area contributed by atoms with Gasteiger partial charge in [0.25, 0.3) is 0 Å². The number of thiophene rings is 1. The fraction of sp³-hybridized carbons (Fsp3) is 0.417. The van der Waals surface area contributed by atoms with E-state index in [2.05, 4.69) is 29.5 Å². The molecule has 2 aromatic rings. The van der Waals surface area contributed by atoms with Crippen molar-refractivity contribution < 1.29 is 0 Å². The fourth-order valence-corrected chi connectivity index (χ4v) is 3.24. The number of halogens is 1. The van der Waals surface area contributed by atoms with Gasteiger partial charge in [-0.3, -0.25) is 4.68 Å². The Morgan fingerprint density at radius 1 is 1.53 bits per heavy atom. The van der Waals surface area contributed by atoms with E-state index in [1.807, 2.05) is 30.1 Å². The predicted molar refractivity (Wildman–Crippen MR) is 72.8 cm³/mol. The Balaban J connectivity index is 2.40. The van der Waals surface area contributed by atoms with Crippen molar-refractivity contribution >= 4 is 22.9 Å². The van der Waals surface area contributed by atoms with Gasteiger partial charge in [-0.2, -0.15) is 5.10 Å². The van der Waals surface area contributed by atoms with Gasteiger partial charge in [0.05, 0.1) is 23.0 Å². The van der Waals surface area contributed by atoms with Crippen LogP contribution >= 0.6 is 22.9 Å². The van der Waals surface area contributed by atoms with Gasteiger partial charge in [0.1, 0.15) is 0 Å². The maximum Gasteiger partial charge on any atom is 0.0854 e. The van der Waals surface area contributed by atoms with Gasteiger partial charge in [-0.1, -0.05) is 18.5 Å². The number of nitrogens with zero attached hydrogens (tertiary/aromatic N) is 2. The number of rotatable bonds is 4. The summed E-state index contributed by atoms with van der Waals surface area (Å²) in [6.07, 6.45) is 2.76. The summed E-state index contributed by atoms with van der Waals surface area (Å²) in [5.41, 5.74) is 1.01. The lowest BCUT2D eigenvalue weighted by Crippen LogP contribution is -2.20. The summed E-state index contributed by atoms with van der Waals surface area (Å²) in [5.74, 6) is 0. The van der Waals surface area contributed by atoms with Crippen molar-refractivity contribution in [3.63, 3.8) is 0 Å². The molecule has 0 aliphatic heterocycles. The van der Waals surface area contributed by atoms with Crippen LogP contribution < -0.4 is 5.32 Å². The van der Waals surface area contributed by atoms with Crippen molar-refractivity contribution in [2.75, 3.05) is 7.05 Å². The van der Waals surface area contributed by atoms with E-state index in [0.717, 1.165) is 12.1 Å².